The van der Waals surface area contributed by atoms with Crippen LogP contribution in [0.4, 0.5) is 0 Å². The molecule has 18 heavy (non-hydrogen) atoms. The summed E-state index contributed by atoms with van der Waals surface area (Å²) in [6, 6.07) is 4.87. The van der Waals surface area contributed by atoms with Crippen molar-refractivity contribution in [1.29, 1.82) is 0 Å². The molecule has 0 spiro atoms. The van der Waals surface area contributed by atoms with Gasteiger partial charge < -0.3 is 15.2 Å². The summed E-state index contributed by atoms with van der Waals surface area (Å²) in [6.07, 6.45) is 2.05. The molecule has 1 aliphatic rings. The highest BCUT2D eigenvalue weighted by molar-refractivity contribution is 14.1. The lowest BCUT2D eigenvalue weighted by Gasteiger charge is -2.09. The summed E-state index contributed by atoms with van der Waals surface area (Å²) in [5, 5.41) is 11.7. The van der Waals surface area contributed by atoms with Gasteiger partial charge in [0.2, 0.25) is 0 Å². The summed E-state index contributed by atoms with van der Waals surface area (Å²) in [5.41, 5.74) is 0.146. The molecule has 0 aliphatic heterocycles. The number of amides is 1. The Hall–Kier alpha value is -1.31. The van der Waals surface area contributed by atoms with Crippen molar-refractivity contribution in [1.82, 2.24) is 5.32 Å². The van der Waals surface area contributed by atoms with Gasteiger partial charge in [0.1, 0.15) is 5.75 Å². The summed E-state index contributed by atoms with van der Waals surface area (Å²) >= 11 is 2.04. The van der Waals surface area contributed by atoms with Crippen LogP contribution in [0.2, 0.25) is 0 Å². The molecule has 1 amide bonds. The molecule has 0 aromatic heterocycles. The van der Waals surface area contributed by atoms with E-state index in [-0.39, 0.29) is 18.1 Å². The Morgan fingerprint density at radius 1 is 1.44 bits per heavy atom. The van der Waals surface area contributed by atoms with E-state index < -0.39 is 5.97 Å². The standard InChI is InChI=1S/C12H12INO4/c13-9-4-1-7(12(16)17)5-10(9)18-6-11(15)14-8-2-3-8/h1,4-5,8H,2-3,6H2,(H,14,15)(H,16,17). The Kier molecular flexibility index (Phi) is 4.05. The molecule has 1 aromatic carbocycles. The number of nitrogens with one attached hydrogen (secondary N) is 1. The van der Waals surface area contributed by atoms with Crippen LogP contribution in [0.15, 0.2) is 18.2 Å². The zero-order valence-electron chi connectivity index (χ0n) is 9.48. The van der Waals surface area contributed by atoms with Crippen molar-refractivity contribution in [2.75, 3.05) is 6.61 Å². The molecule has 0 heterocycles. The number of ether oxygens (including phenoxy) is 1. The number of benzene rings is 1. The minimum atomic E-state index is -1.02. The molecule has 0 radical (unpaired) electrons. The van der Waals surface area contributed by atoms with E-state index in [4.69, 9.17) is 9.84 Å². The lowest BCUT2D eigenvalue weighted by atomic mass is 10.2. The van der Waals surface area contributed by atoms with Crippen LogP contribution in [-0.2, 0) is 4.79 Å². The van der Waals surface area contributed by atoms with E-state index in [0.717, 1.165) is 16.4 Å². The van der Waals surface area contributed by atoms with Crippen molar-refractivity contribution in [3.8, 4) is 5.75 Å². The average Bonchev–Trinajstić information content (AvgIpc) is 3.11. The average molecular weight is 361 g/mol. The molecular formula is C12H12INO4. The van der Waals surface area contributed by atoms with Gasteiger partial charge in [-0.1, -0.05) is 0 Å². The maximum absolute atomic E-state index is 11.4. The van der Waals surface area contributed by atoms with Crippen LogP contribution in [0.5, 0.6) is 5.75 Å². The number of carboxylic acid groups (broad SMARTS) is 1. The van der Waals surface area contributed by atoms with Crippen molar-refractivity contribution in [2.45, 2.75) is 18.9 Å². The van der Waals surface area contributed by atoms with E-state index in [0.29, 0.717) is 11.8 Å². The Bertz CT molecular complexity index is 485. The van der Waals surface area contributed by atoms with Crippen molar-refractivity contribution in [3.05, 3.63) is 27.3 Å². The van der Waals surface area contributed by atoms with Gasteiger partial charge in [0, 0.05) is 6.04 Å². The largest absolute Gasteiger partial charge is 0.483 e. The van der Waals surface area contributed by atoms with Crippen molar-refractivity contribution < 1.29 is 19.4 Å². The van der Waals surface area contributed by atoms with Crippen molar-refractivity contribution in [2.24, 2.45) is 0 Å². The highest BCUT2D eigenvalue weighted by Crippen LogP contribution is 2.22. The molecule has 0 bridgehead atoms. The number of rotatable bonds is 5. The zero-order chi connectivity index (χ0) is 13.1. The predicted molar refractivity (Wildman–Crippen MR) is 72.8 cm³/mol. The molecular weight excluding hydrogens is 349 g/mol. The molecule has 0 saturated heterocycles. The minimum absolute atomic E-state index is 0.0877. The van der Waals surface area contributed by atoms with Gasteiger partial charge in [0.05, 0.1) is 9.13 Å². The van der Waals surface area contributed by atoms with Crippen LogP contribution < -0.4 is 10.1 Å². The van der Waals surface area contributed by atoms with Gasteiger partial charge in [0.25, 0.3) is 5.91 Å². The molecule has 1 fully saturated rings. The van der Waals surface area contributed by atoms with Gasteiger partial charge in [0.15, 0.2) is 6.61 Å². The lowest BCUT2D eigenvalue weighted by Crippen LogP contribution is -2.30. The molecule has 1 saturated carbocycles. The third kappa shape index (κ3) is 3.59. The highest BCUT2D eigenvalue weighted by atomic mass is 127. The van der Waals surface area contributed by atoms with Gasteiger partial charge >= 0.3 is 5.97 Å². The Morgan fingerprint density at radius 3 is 2.78 bits per heavy atom. The number of carbonyl (C=O) groups excluding carboxylic acids is 1. The molecule has 1 aliphatic carbocycles. The third-order valence-corrected chi connectivity index (χ3v) is 3.37. The van der Waals surface area contributed by atoms with E-state index in [9.17, 15) is 9.59 Å². The van der Waals surface area contributed by atoms with Crippen LogP contribution in [0.1, 0.15) is 23.2 Å². The highest BCUT2D eigenvalue weighted by Gasteiger charge is 2.23. The van der Waals surface area contributed by atoms with Gasteiger partial charge in [-0.15, -0.1) is 0 Å². The molecule has 2 rings (SSSR count). The van der Waals surface area contributed by atoms with Crippen LogP contribution in [-0.4, -0.2) is 29.6 Å². The SMILES string of the molecule is O=C(COc1cc(C(=O)O)ccc1I)NC1CC1. The molecule has 6 heteroatoms. The summed E-state index contributed by atoms with van der Waals surface area (Å²) in [7, 11) is 0. The van der Waals surface area contributed by atoms with Crippen LogP contribution >= 0.6 is 22.6 Å². The second-order valence-corrected chi connectivity index (χ2v) is 5.24. The van der Waals surface area contributed by atoms with Crippen LogP contribution in [0.25, 0.3) is 0 Å². The maximum atomic E-state index is 11.4. The first-order valence-electron chi connectivity index (χ1n) is 5.51. The number of aromatic carboxylic acids is 1. The van der Waals surface area contributed by atoms with E-state index in [1.807, 2.05) is 22.6 Å². The topological polar surface area (TPSA) is 75.6 Å². The molecule has 2 N–H and O–H groups in total. The Labute approximate surface area is 118 Å². The fourth-order valence-electron chi connectivity index (χ4n) is 1.39. The fraction of sp³-hybridized carbons (Fsp3) is 0.333. The molecule has 5 nitrogen and oxygen atoms in total. The fourth-order valence-corrected chi connectivity index (χ4v) is 1.88. The summed E-state index contributed by atoms with van der Waals surface area (Å²) in [4.78, 5) is 22.3. The minimum Gasteiger partial charge on any atom is -0.483 e. The van der Waals surface area contributed by atoms with Crippen molar-refractivity contribution in [3.63, 3.8) is 0 Å². The Balaban J connectivity index is 1.96. The van der Waals surface area contributed by atoms with Gasteiger partial charge in [-0.05, 0) is 53.6 Å². The second-order valence-electron chi connectivity index (χ2n) is 4.08. The van der Waals surface area contributed by atoms with Gasteiger partial charge in [-0.3, -0.25) is 4.79 Å². The van der Waals surface area contributed by atoms with E-state index in [1.165, 1.54) is 12.1 Å². The van der Waals surface area contributed by atoms with Gasteiger partial charge in [-0.2, -0.15) is 0 Å². The van der Waals surface area contributed by atoms with Crippen LogP contribution in [0, 0.1) is 3.57 Å². The number of hydrogen-bond acceptors (Lipinski definition) is 3. The summed E-state index contributed by atoms with van der Waals surface area (Å²) in [5.74, 6) is -0.769. The molecule has 0 atom stereocenters. The number of carbonyl (C=O) groups is 2. The summed E-state index contributed by atoms with van der Waals surface area (Å²) < 4.78 is 6.11. The number of carboxylic acids is 1. The molecule has 1 aromatic rings. The van der Waals surface area contributed by atoms with E-state index in [2.05, 4.69) is 5.32 Å². The monoisotopic (exact) mass is 361 g/mol. The normalized spacial score (nSPS) is 14.1. The van der Waals surface area contributed by atoms with Crippen molar-refractivity contribution >= 4 is 34.5 Å². The first kappa shape index (κ1) is 13.1. The molecule has 96 valence electrons. The Morgan fingerprint density at radius 2 is 2.17 bits per heavy atom. The first-order chi connectivity index (χ1) is 8.56. The number of hydrogen-bond donors (Lipinski definition) is 2. The summed E-state index contributed by atoms with van der Waals surface area (Å²) in [6.45, 7) is -0.0877. The first-order valence-corrected chi connectivity index (χ1v) is 6.59. The second kappa shape index (κ2) is 5.55. The van der Waals surface area contributed by atoms with E-state index in [1.54, 1.807) is 6.07 Å². The van der Waals surface area contributed by atoms with Gasteiger partial charge in [-0.25, -0.2) is 4.79 Å². The predicted octanol–water partition coefficient (Wildman–Crippen LogP) is 1.65. The lowest BCUT2D eigenvalue weighted by molar-refractivity contribution is -0.123. The van der Waals surface area contributed by atoms with Crippen LogP contribution in [0.3, 0.4) is 0 Å². The number of halogens is 1. The quantitative estimate of drug-likeness (QED) is 0.782. The zero-order valence-corrected chi connectivity index (χ0v) is 11.6. The third-order valence-electron chi connectivity index (χ3n) is 2.48. The smallest absolute Gasteiger partial charge is 0.335 e. The maximum Gasteiger partial charge on any atom is 0.335 e. The van der Waals surface area contributed by atoms with E-state index >= 15 is 0 Å². The molecule has 0 unspecified atom stereocenters.